The normalized spacial score (nSPS) is 21.0. The number of aromatic hydroxyl groups is 1. The van der Waals surface area contributed by atoms with Crippen LogP contribution >= 0.6 is 23.2 Å². The van der Waals surface area contributed by atoms with E-state index >= 15 is 0 Å². The summed E-state index contributed by atoms with van der Waals surface area (Å²) in [5.41, 5.74) is 0.785. The molecule has 1 aliphatic rings. The van der Waals surface area contributed by atoms with E-state index in [1.54, 1.807) is 12.1 Å². The number of phenolic OH excluding ortho intramolecular Hbond substituents is 1. The SMILES string of the molecule is CN1CCCC(N(C)Cc2cc(Cl)cc(Cl)c2O)C1. The molecule has 1 heterocycles. The number of likely N-dealkylation sites (tertiary alicyclic amines) is 1. The van der Waals surface area contributed by atoms with Crippen LogP contribution in [0.15, 0.2) is 12.1 Å². The van der Waals surface area contributed by atoms with Gasteiger partial charge in [-0.25, -0.2) is 0 Å². The number of nitrogens with zero attached hydrogens (tertiary/aromatic N) is 2. The maximum absolute atomic E-state index is 9.99. The lowest BCUT2D eigenvalue weighted by Gasteiger charge is -2.36. The number of likely N-dealkylation sites (N-methyl/N-ethyl adjacent to an activating group) is 2. The monoisotopic (exact) mass is 302 g/mol. The van der Waals surface area contributed by atoms with Crippen LogP contribution in [0, 0.1) is 0 Å². The van der Waals surface area contributed by atoms with Crippen LogP contribution in [0.1, 0.15) is 18.4 Å². The highest BCUT2D eigenvalue weighted by Gasteiger charge is 2.22. The molecule has 19 heavy (non-hydrogen) atoms. The van der Waals surface area contributed by atoms with Gasteiger partial charge < -0.3 is 10.0 Å². The van der Waals surface area contributed by atoms with E-state index in [1.807, 2.05) is 0 Å². The fourth-order valence-corrected chi connectivity index (χ4v) is 3.17. The molecule has 5 heteroatoms. The molecule has 0 aromatic heterocycles. The zero-order chi connectivity index (χ0) is 14.0. The van der Waals surface area contributed by atoms with Crippen LogP contribution in [0.25, 0.3) is 0 Å². The first-order valence-electron chi connectivity index (χ1n) is 6.53. The molecule has 0 spiro atoms. The van der Waals surface area contributed by atoms with Crippen molar-refractivity contribution in [3.8, 4) is 5.75 Å². The molecule has 1 unspecified atom stereocenters. The molecule has 1 aromatic rings. The lowest BCUT2D eigenvalue weighted by Crippen LogP contribution is -2.44. The first kappa shape index (κ1) is 14.9. The highest BCUT2D eigenvalue weighted by atomic mass is 35.5. The van der Waals surface area contributed by atoms with Gasteiger partial charge in [-0.3, -0.25) is 4.90 Å². The summed E-state index contributed by atoms with van der Waals surface area (Å²) in [6, 6.07) is 3.86. The number of phenols is 1. The molecule has 0 radical (unpaired) electrons. The Morgan fingerprint density at radius 3 is 2.84 bits per heavy atom. The second kappa shape index (κ2) is 6.31. The van der Waals surface area contributed by atoms with Crippen molar-refractivity contribution in [2.75, 3.05) is 27.2 Å². The van der Waals surface area contributed by atoms with Crippen LogP contribution in [0.4, 0.5) is 0 Å². The smallest absolute Gasteiger partial charge is 0.138 e. The lowest BCUT2D eigenvalue weighted by molar-refractivity contribution is 0.129. The highest BCUT2D eigenvalue weighted by molar-refractivity contribution is 6.35. The van der Waals surface area contributed by atoms with Gasteiger partial charge in [-0.05, 0) is 45.6 Å². The van der Waals surface area contributed by atoms with Crippen molar-refractivity contribution < 1.29 is 5.11 Å². The largest absolute Gasteiger partial charge is 0.506 e. The Labute approximate surface area is 124 Å². The Kier molecular flexibility index (Phi) is 4.96. The predicted octanol–water partition coefficient (Wildman–Crippen LogP) is 3.23. The van der Waals surface area contributed by atoms with Crippen molar-refractivity contribution in [2.24, 2.45) is 0 Å². The van der Waals surface area contributed by atoms with E-state index in [-0.39, 0.29) is 5.75 Å². The first-order chi connectivity index (χ1) is 8.97. The standard InChI is InChI=1S/C14H20Cl2N2O/c1-17-5-3-4-12(9-17)18(2)8-10-6-11(15)7-13(16)14(10)19/h6-7,12,19H,3-5,8-9H2,1-2H3. The third kappa shape index (κ3) is 3.76. The Bertz CT molecular complexity index is 453. The Morgan fingerprint density at radius 2 is 2.16 bits per heavy atom. The van der Waals surface area contributed by atoms with E-state index in [4.69, 9.17) is 23.2 Å². The Balaban J connectivity index is 2.08. The van der Waals surface area contributed by atoms with E-state index in [1.165, 1.54) is 19.4 Å². The van der Waals surface area contributed by atoms with Gasteiger partial charge in [0, 0.05) is 29.7 Å². The van der Waals surface area contributed by atoms with Crippen molar-refractivity contribution in [1.82, 2.24) is 9.80 Å². The van der Waals surface area contributed by atoms with E-state index < -0.39 is 0 Å². The topological polar surface area (TPSA) is 26.7 Å². The van der Waals surface area contributed by atoms with Crippen LogP contribution in [0.5, 0.6) is 5.75 Å². The maximum Gasteiger partial charge on any atom is 0.138 e. The third-order valence-corrected chi connectivity index (χ3v) is 4.26. The summed E-state index contributed by atoms with van der Waals surface area (Å²) in [5.74, 6) is 0.141. The quantitative estimate of drug-likeness (QED) is 0.929. The Morgan fingerprint density at radius 1 is 1.42 bits per heavy atom. The van der Waals surface area contributed by atoms with Gasteiger partial charge in [-0.2, -0.15) is 0 Å². The molecular weight excluding hydrogens is 283 g/mol. The fourth-order valence-electron chi connectivity index (χ4n) is 2.64. The highest BCUT2D eigenvalue weighted by Crippen LogP contribution is 2.32. The minimum Gasteiger partial charge on any atom is -0.506 e. The van der Waals surface area contributed by atoms with Crippen molar-refractivity contribution in [2.45, 2.75) is 25.4 Å². The van der Waals surface area contributed by atoms with Gasteiger partial charge >= 0.3 is 0 Å². The average molecular weight is 303 g/mol. The minimum absolute atomic E-state index is 0.141. The third-order valence-electron chi connectivity index (χ3n) is 3.75. The molecule has 3 nitrogen and oxygen atoms in total. The molecule has 0 aliphatic carbocycles. The summed E-state index contributed by atoms with van der Waals surface area (Å²) in [4.78, 5) is 4.60. The van der Waals surface area contributed by atoms with Crippen LogP contribution in [0.2, 0.25) is 10.0 Å². The summed E-state index contributed by atoms with van der Waals surface area (Å²) in [6.07, 6.45) is 2.41. The molecule has 1 aliphatic heterocycles. The number of piperidine rings is 1. The van der Waals surface area contributed by atoms with Crippen LogP contribution in [-0.2, 0) is 6.54 Å². The van der Waals surface area contributed by atoms with Gasteiger partial charge in [0.2, 0.25) is 0 Å². The molecule has 106 valence electrons. The molecular formula is C14H20Cl2N2O. The van der Waals surface area contributed by atoms with Gasteiger partial charge in [-0.15, -0.1) is 0 Å². The molecule has 0 amide bonds. The second-order valence-electron chi connectivity index (χ2n) is 5.37. The van der Waals surface area contributed by atoms with E-state index in [9.17, 15) is 5.11 Å². The van der Waals surface area contributed by atoms with E-state index in [0.29, 0.717) is 22.6 Å². The van der Waals surface area contributed by atoms with E-state index in [2.05, 4.69) is 23.9 Å². The number of benzene rings is 1. The van der Waals surface area contributed by atoms with Crippen molar-refractivity contribution in [3.63, 3.8) is 0 Å². The summed E-state index contributed by atoms with van der Waals surface area (Å²) in [7, 11) is 4.23. The number of hydrogen-bond donors (Lipinski definition) is 1. The fraction of sp³-hybridized carbons (Fsp3) is 0.571. The molecule has 0 saturated carbocycles. The summed E-state index contributed by atoms with van der Waals surface area (Å²) in [5, 5.41) is 10.9. The first-order valence-corrected chi connectivity index (χ1v) is 7.28. The van der Waals surface area contributed by atoms with Crippen molar-refractivity contribution in [1.29, 1.82) is 0 Å². The molecule has 1 aromatic carbocycles. The molecule has 1 atom stereocenters. The number of rotatable bonds is 3. The Hall–Kier alpha value is -0.480. The average Bonchev–Trinajstić information content (AvgIpc) is 2.35. The van der Waals surface area contributed by atoms with Crippen LogP contribution in [-0.4, -0.2) is 48.1 Å². The van der Waals surface area contributed by atoms with Gasteiger partial charge in [0.05, 0.1) is 5.02 Å². The number of halogens is 2. The zero-order valence-electron chi connectivity index (χ0n) is 11.4. The molecule has 1 saturated heterocycles. The van der Waals surface area contributed by atoms with Gasteiger partial charge in [0.1, 0.15) is 5.75 Å². The lowest BCUT2D eigenvalue weighted by atomic mass is 10.0. The summed E-state index contributed by atoms with van der Waals surface area (Å²) in [6.45, 7) is 2.88. The van der Waals surface area contributed by atoms with Gasteiger partial charge in [-0.1, -0.05) is 23.2 Å². The number of hydrogen-bond acceptors (Lipinski definition) is 3. The molecule has 1 fully saturated rings. The van der Waals surface area contributed by atoms with Crippen LogP contribution < -0.4 is 0 Å². The van der Waals surface area contributed by atoms with Crippen LogP contribution in [0.3, 0.4) is 0 Å². The second-order valence-corrected chi connectivity index (χ2v) is 6.21. The van der Waals surface area contributed by atoms with Crippen molar-refractivity contribution >= 4 is 23.2 Å². The molecule has 2 rings (SSSR count). The van der Waals surface area contributed by atoms with Gasteiger partial charge in [0.25, 0.3) is 0 Å². The summed E-state index contributed by atoms with van der Waals surface area (Å²) >= 11 is 11.9. The zero-order valence-corrected chi connectivity index (χ0v) is 12.9. The molecule has 1 N–H and O–H groups in total. The van der Waals surface area contributed by atoms with Crippen molar-refractivity contribution in [3.05, 3.63) is 27.7 Å². The van der Waals surface area contributed by atoms with Gasteiger partial charge in [0.15, 0.2) is 0 Å². The maximum atomic E-state index is 9.99. The predicted molar refractivity (Wildman–Crippen MR) is 80.1 cm³/mol. The van der Waals surface area contributed by atoms with E-state index in [0.717, 1.165) is 12.1 Å². The summed E-state index contributed by atoms with van der Waals surface area (Å²) < 4.78 is 0. The minimum atomic E-state index is 0.141. The molecule has 0 bridgehead atoms.